The number of hydrogen-bond donors (Lipinski definition) is 1. The van der Waals surface area contributed by atoms with E-state index >= 15 is 0 Å². The zero-order valence-electron chi connectivity index (χ0n) is 18.0. The van der Waals surface area contributed by atoms with Gasteiger partial charge in [0.15, 0.2) is 22.5 Å². The van der Waals surface area contributed by atoms with Crippen molar-refractivity contribution in [3.63, 3.8) is 0 Å². The number of nitrogens with zero attached hydrogens (tertiary/aromatic N) is 4. The predicted octanol–water partition coefficient (Wildman–Crippen LogP) is 3.40. The zero-order valence-corrected chi connectivity index (χ0v) is 19.5. The largest absolute Gasteiger partial charge is 0.493 e. The van der Waals surface area contributed by atoms with Crippen molar-refractivity contribution in [3.8, 4) is 28.6 Å². The molecule has 9 nitrogen and oxygen atoms in total. The smallest absolute Gasteiger partial charge is 0.250 e. The average Bonchev–Trinajstić information content (AvgIpc) is 3.17. The minimum atomic E-state index is -0.286. The van der Waals surface area contributed by atoms with Crippen LogP contribution in [0.2, 0.25) is 5.02 Å². The van der Waals surface area contributed by atoms with Crippen LogP contribution in [-0.4, -0.2) is 54.0 Å². The van der Waals surface area contributed by atoms with E-state index in [1.807, 2.05) is 29.8 Å². The van der Waals surface area contributed by atoms with Gasteiger partial charge in [-0.05, 0) is 24.3 Å². The predicted molar refractivity (Wildman–Crippen MR) is 124 cm³/mol. The van der Waals surface area contributed by atoms with Gasteiger partial charge in [0.25, 0.3) is 5.91 Å². The van der Waals surface area contributed by atoms with Crippen LogP contribution in [0, 0.1) is 0 Å². The molecule has 0 saturated carbocycles. The van der Waals surface area contributed by atoms with Crippen LogP contribution in [-0.2, 0) is 11.8 Å². The van der Waals surface area contributed by atoms with E-state index < -0.39 is 0 Å². The number of thioether (sulfide) groups is 1. The van der Waals surface area contributed by atoms with Gasteiger partial charge in [-0.15, -0.1) is 10.2 Å². The molecule has 0 bridgehead atoms. The van der Waals surface area contributed by atoms with Gasteiger partial charge < -0.3 is 18.8 Å². The lowest BCUT2D eigenvalue weighted by Crippen LogP contribution is -2.19. The summed E-state index contributed by atoms with van der Waals surface area (Å²) in [5, 5.41) is 13.6. The summed E-state index contributed by atoms with van der Waals surface area (Å²) < 4.78 is 17.7. The number of carbonyl (C=O) groups is 1. The number of amides is 1. The molecule has 1 N–H and O–H groups in total. The van der Waals surface area contributed by atoms with Crippen LogP contribution in [0.15, 0.2) is 46.7 Å². The Bertz CT molecular complexity index is 1110. The lowest BCUT2D eigenvalue weighted by Gasteiger charge is -2.12. The lowest BCUT2D eigenvalue weighted by atomic mass is 10.2. The third-order valence-corrected chi connectivity index (χ3v) is 5.60. The van der Waals surface area contributed by atoms with Gasteiger partial charge in [-0.1, -0.05) is 35.5 Å². The summed E-state index contributed by atoms with van der Waals surface area (Å²) in [7, 11) is 6.42. The fourth-order valence-electron chi connectivity index (χ4n) is 2.84. The molecule has 0 spiro atoms. The molecule has 3 aromatic rings. The number of halogens is 1. The summed E-state index contributed by atoms with van der Waals surface area (Å²) in [6.45, 7) is 0. The van der Waals surface area contributed by atoms with Gasteiger partial charge in [-0.25, -0.2) is 5.43 Å². The number of ether oxygens (including phenoxy) is 3. The van der Waals surface area contributed by atoms with Gasteiger partial charge in [0.1, 0.15) is 0 Å². The highest BCUT2D eigenvalue weighted by Crippen LogP contribution is 2.37. The van der Waals surface area contributed by atoms with Crippen molar-refractivity contribution >= 4 is 35.5 Å². The molecular weight excluding hydrogens is 454 g/mol. The fourth-order valence-corrected chi connectivity index (χ4v) is 3.73. The molecule has 1 aromatic heterocycles. The first-order chi connectivity index (χ1) is 15.5. The fraction of sp³-hybridized carbons (Fsp3) is 0.238. The molecule has 2 aromatic carbocycles. The van der Waals surface area contributed by atoms with Crippen LogP contribution in [0.1, 0.15) is 5.56 Å². The highest BCUT2D eigenvalue weighted by molar-refractivity contribution is 7.99. The van der Waals surface area contributed by atoms with E-state index in [0.717, 1.165) is 5.56 Å². The molecule has 168 valence electrons. The van der Waals surface area contributed by atoms with E-state index in [0.29, 0.717) is 38.8 Å². The van der Waals surface area contributed by atoms with E-state index in [1.165, 1.54) is 39.3 Å². The highest BCUT2D eigenvalue weighted by Gasteiger charge is 2.14. The van der Waals surface area contributed by atoms with Crippen LogP contribution >= 0.6 is 23.4 Å². The molecule has 32 heavy (non-hydrogen) atoms. The maximum Gasteiger partial charge on any atom is 0.250 e. The monoisotopic (exact) mass is 475 g/mol. The number of aromatic nitrogens is 3. The van der Waals surface area contributed by atoms with Crippen LogP contribution in [0.3, 0.4) is 0 Å². The molecule has 0 unspecified atom stereocenters. The van der Waals surface area contributed by atoms with Crippen LogP contribution in [0.5, 0.6) is 17.2 Å². The Kier molecular flexibility index (Phi) is 7.96. The maximum atomic E-state index is 12.2. The van der Waals surface area contributed by atoms with Crippen molar-refractivity contribution < 1.29 is 19.0 Å². The molecule has 0 radical (unpaired) electrons. The molecule has 0 fully saturated rings. The number of hydrazone groups is 1. The van der Waals surface area contributed by atoms with Crippen molar-refractivity contribution in [1.82, 2.24) is 20.2 Å². The Morgan fingerprint density at radius 3 is 2.50 bits per heavy atom. The Hall–Kier alpha value is -3.24. The second-order valence-electron chi connectivity index (χ2n) is 6.42. The normalized spacial score (nSPS) is 10.9. The average molecular weight is 476 g/mol. The molecule has 0 aliphatic rings. The maximum absolute atomic E-state index is 12.2. The SMILES string of the molecule is COc1cc(/C=N/NC(=O)CSc2nnc(-c3cccc(Cl)c3)n2C)cc(OC)c1OC. The number of nitrogens with one attached hydrogen (secondary N) is 1. The Morgan fingerprint density at radius 1 is 1.16 bits per heavy atom. The minimum Gasteiger partial charge on any atom is -0.493 e. The summed E-state index contributed by atoms with van der Waals surface area (Å²) in [5.74, 6) is 1.96. The van der Waals surface area contributed by atoms with Gasteiger partial charge in [0.2, 0.25) is 5.75 Å². The van der Waals surface area contributed by atoms with Crippen molar-refractivity contribution in [2.75, 3.05) is 27.1 Å². The zero-order chi connectivity index (χ0) is 23.1. The van der Waals surface area contributed by atoms with Crippen LogP contribution < -0.4 is 19.6 Å². The first kappa shape index (κ1) is 23.4. The third kappa shape index (κ3) is 5.51. The van der Waals surface area contributed by atoms with Gasteiger partial charge in [0, 0.05) is 23.2 Å². The molecule has 1 amide bonds. The Morgan fingerprint density at radius 2 is 1.88 bits per heavy atom. The number of carbonyl (C=O) groups excluding carboxylic acids is 1. The van der Waals surface area contributed by atoms with Crippen LogP contribution in [0.4, 0.5) is 0 Å². The van der Waals surface area contributed by atoms with Gasteiger partial charge in [-0.3, -0.25) is 4.79 Å². The van der Waals surface area contributed by atoms with E-state index in [9.17, 15) is 4.79 Å². The van der Waals surface area contributed by atoms with Crippen molar-refractivity contribution in [2.45, 2.75) is 5.16 Å². The van der Waals surface area contributed by atoms with Crippen molar-refractivity contribution in [2.24, 2.45) is 12.1 Å². The van der Waals surface area contributed by atoms with E-state index in [2.05, 4.69) is 20.7 Å². The Labute approximate surface area is 194 Å². The molecule has 0 saturated heterocycles. The van der Waals surface area contributed by atoms with E-state index in [4.69, 9.17) is 25.8 Å². The van der Waals surface area contributed by atoms with Gasteiger partial charge in [0.05, 0.1) is 33.3 Å². The Balaban J connectivity index is 1.60. The van der Waals surface area contributed by atoms with E-state index in [1.54, 1.807) is 18.2 Å². The molecule has 0 atom stereocenters. The summed E-state index contributed by atoms with van der Waals surface area (Å²) in [6, 6.07) is 10.8. The number of hydrogen-bond acceptors (Lipinski definition) is 8. The van der Waals surface area contributed by atoms with E-state index in [-0.39, 0.29) is 11.7 Å². The standard InChI is InChI=1S/C21H22ClN5O4S/c1-27-20(14-6-5-7-15(22)10-14)25-26-21(27)32-12-18(28)24-23-11-13-8-16(29-2)19(31-4)17(9-13)30-3/h5-11H,12H2,1-4H3,(H,24,28)/b23-11+. The molecule has 3 rings (SSSR count). The molecule has 11 heteroatoms. The summed E-state index contributed by atoms with van der Waals surface area (Å²) in [5.41, 5.74) is 4.01. The molecule has 0 aliphatic heterocycles. The van der Waals surface area contributed by atoms with Crippen LogP contribution in [0.25, 0.3) is 11.4 Å². The molecule has 1 heterocycles. The number of benzene rings is 2. The minimum absolute atomic E-state index is 0.119. The highest BCUT2D eigenvalue weighted by atomic mass is 35.5. The quantitative estimate of drug-likeness (QED) is 0.287. The lowest BCUT2D eigenvalue weighted by molar-refractivity contribution is -0.118. The second-order valence-corrected chi connectivity index (χ2v) is 7.80. The number of methoxy groups -OCH3 is 3. The van der Waals surface area contributed by atoms with Crippen molar-refractivity contribution in [1.29, 1.82) is 0 Å². The van der Waals surface area contributed by atoms with Gasteiger partial charge >= 0.3 is 0 Å². The number of rotatable bonds is 9. The third-order valence-electron chi connectivity index (χ3n) is 4.34. The van der Waals surface area contributed by atoms with Crippen molar-refractivity contribution in [3.05, 3.63) is 47.0 Å². The topological polar surface area (TPSA) is 99.9 Å². The summed E-state index contributed by atoms with van der Waals surface area (Å²) in [6.07, 6.45) is 1.49. The van der Waals surface area contributed by atoms with Gasteiger partial charge in [-0.2, -0.15) is 5.10 Å². The first-order valence-corrected chi connectivity index (χ1v) is 10.7. The summed E-state index contributed by atoms with van der Waals surface area (Å²) in [4.78, 5) is 12.2. The molecule has 0 aliphatic carbocycles. The second kappa shape index (κ2) is 10.9. The first-order valence-electron chi connectivity index (χ1n) is 9.36. The molecular formula is C21H22ClN5O4S. The summed E-state index contributed by atoms with van der Waals surface area (Å²) >= 11 is 7.30.